The highest BCUT2D eigenvalue weighted by Crippen LogP contribution is 2.14. The number of ether oxygens (including phenoxy) is 1. The van der Waals surface area contributed by atoms with Crippen molar-refractivity contribution >= 4 is 32.1 Å². The second-order valence-corrected chi connectivity index (χ2v) is 18.6. The van der Waals surface area contributed by atoms with E-state index in [0.29, 0.717) is 28.1 Å². The Labute approximate surface area is 163 Å². The number of nitrogens with two attached hydrogens (primary N) is 1. The Bertz CT molecular complexity index is 431. The van der Waals surface area contributed by atoms with Crippen LogP contribution in [-0.2, 0) is 18.4 Å². The molecule has 0 fully saturated rings. The van der Waals surface area contributed by atoms with Gasteiger partial charge in [-0.05, 0) is 59.0 Å². The third-order valence-corrected chi connectivity index (χ3v) is 6.62. The molecule has 0 saturated heterocycles. The monoisotopic (exact) mass is 419 g/mol. The van der Waals surface area contributed by atoms with Crippen LogP contribution in [0.4, 0.5) is 0 Å². The van der Waals surface area contributed by atoms with E-state index >= 15 is 0 Å². The van der Waals surface area contributed by atoms with Crippen molar-refractivity contribution in [1.82, 2.24) is 0 Å². The number of rotatable bonds is 14. The molecule has 0 aromatic heterocycles. The van der Waals surface area contributed by atoms with Gasteiger partial charge in [0.05, 0.1) is 12.7 Å². The standard InChI is InChI=1S/C17H37NO5Si3/c1-14(16(18)20)9-10-15(19)13-21-11-8-12-24-17(22-25(2,3)4)23-26(5,6)7/h9,15,17,19H,8,10-13H2,1-7H3,(H2,18,20)/b14-9+. The smallest absolute Gasteiger partial charge is 0.244 e. The lowest BCUT2D eigenvalue weighted by molar-refractivity contribution is -0.114. The van der Waals surface area contributed by atoms with Crippen LogP contribution in [0.15, 0.2) is 11.6 Å². The molecule has 0 saturated carbocycles. The Hall–Kier alpha value is -0.299. The summed E-state index contributed by atoms with van der Waals surface area (Å²) in [5.41, 5.74) is 5.60. The van der Waals surface area contributed by atoms with Crippen LogP contribution in [0.1, 0.15) is 19.8 Å². The molecule has 9 heteroatoms. The second-order valence-electron chi connectivity index (χ2n) is 8.32. The summed E-state index contributed by atoms with van der Waals surface area (Å²) < 4.78 is 17.9. The van der Waals surface area contributed by atoms with Gasteiger partial charge in [-0.25, -0.2) is 0 Å². The van der Waals surface area contributed by atoms with Crippen LogP contribution in [0.3, 0.4) is 0 Å². The highest BCUT2D eigenvalue weighted by atomic mass is 28.4. The summed E-state index contributed by atoms with van der Waals surface area (Å²) in [4.78, 5) is 10.9. The Morgan fingerprint density at radius 3 is 2.15 bits per heavy atom. The quantitative estimate of drug-likeness (QED) is 0.195. The van der Waals surface area contributed by atoms with Gasteiger partial charge >= 0.3 is 0 Å². The molecule has 152 valence electrons. The fraction of sp³-hybridized carbons (Fsp3) is 0.824. The topological polar surface area (TPSA) is 91.0 Å². The molecule has 0 aliphatic carbocycles. The van der Waals surface area contributed by atoms with Gasteiger partial charge in [0.1, 0.15) is 15.4 Å². The molecular formula is C17H37NO5Si3. The number of primary amides is 1. The SMILES string of the molecule is C/C(=C\CC(O)COCCC[Si]C(O[Si](C)(C)C)O[Si](C)(C)C)C(N)=O. The molecule has 0 aliphatic rings. The van der Waals surface area contributed by atoms with Crippen LogP contribution in [0.2, 0.25) is 45.3 Å². The van der Waals surface area contributed by atoms with Crippen LogP contribution in [0.5, 0.6) is 0 Å². The van der Waals surface area contributed by atoms with Gasteiger partial charge in [0.25, 0.3) is 0 Å². The normalized spacial score (nSPS) is 14.7. The van der Waals surface area contributed by atoms with Crippen molar-refractivity contribution in [3.05, 3.63) is 11.6 Å². The largest absolute Gasteiger partial charge is 0.397 e. The van der Waals surface area contributed by atoms with Gasteiger partial charge in [-0.3, -0.25) is 4.79 Å². The van der Waals surface area contributed by atoms with Crippen molar-refractivity contribution in [2.45, 2.75) is 77.1 Å². The lowest BCUT2D eigenvalue weighted by Gasteiger charge is -2.31. The lowest BCUT2D eigenvalue weighted by atomic mass is 10.2. The van der Waals surface area contributed by atoms with Crippen molar-refractivity contribution in [2.75, 3.05) is 13.2 Å². The fourth-order valence-corrected chi connectivity index (χ4v) is 6.69. The maximum Gasteiger partial charge on any atom is 0.244 e. The molecule has 0 aromatic carbocycles. The Morgan fingerprint density at radius 2 is 1.69 bits per heavy atom. The molecular weight excluding hydrogens is 382 g/mol. The number of carbonyl (C=O) groups is 1. The molecule has 3 N–H and O–H groups in total. The highest BCUT2D eigenvalue weighted by molar-refractivity contribution is 6.71. The predicted molar refractivity (Wildman–Crippen MR) is 112 cm³/mol. The Balaban J connectivity index is 4.03. The first-order valence-corrected chi connectivity index (χ1v) is 17.2. The van der Waals surface area contributed by atoms with E-state index < -0.39 is 28.6 Å². The third kappa shape index (κ3) is 15.9. The van der Waals surface area contributed by atoms with E-state index in [1.165, 1.54) is 0 Å². The van der Waals surface area contributed by atoms with Gasteiger partial charge in [-0.2, -0.15) is 0 Å². The van der Waals surface area contributed by atoms with Crippen LogP contribution < -0.4 is 5.73 Å². The fourth-order valence-electron chi connectivity index (χ4n) is 1.84. The van der Waals surface area contributed by atoms with E-state index in [1.807, 2.05) is 0 Å². The number of amides is 1. The van der Waals surface area contributed by atoms with Crippen molar-refractivity contribution in [1.29, 1.82) is 0 Å². The zero-order valence-electron chi connectivity index (χ0n) is 17.4. The summed E-state index contributed by atoms with van der Waals surface area (Å²) in [5, 5.41) is 9.83. The van der Waals surface area contributed by atoms with E-state index in [1.54, 1.807) is 13.0 Å². The van der Waals surface area contributed by atoms with Gasteiger partial charge in [0.2, 0.25) is 5.91 Å². The minimum absolute atomic E-state index is 0.0964. The Kier molecular flexibility index (Phi) is 12.1. The van der Waals surface area contributed by atoms with E-state index in [0.717, 1.165) is 12.5 Å². The molecule has 2 radical (unpaired) electrons. The summed E-state index contributed by atoms with van der Waals surface area (Å²) in [6.45, 7) is 15.6. The van der Waals surface area contributed by atoms with E-state index in [4.69, 9.17) is 19.3 Å². The highest BCUT2D eigenvalue weighted by Gasteiger charge is 2.26. The molecule has 0 rings (SSSR count). The van der Waals surface area contributed by atoms with Crippen LogP contribution >= 0.6 is 0 Å². The summed E-state index contributed by atoms with van der Waals surface area (Å²) in [6.07, 6.45) is 2.29. The van der Waals surface area contributed by atoms with Crippen LogP contribution in [0.25, 0.3) is 0 Å². The van der Waals surface area contributed by atoms with E-state index in [2.05, 4.69) is 39.3 Å². The number of carbonyl (C=O) groups excluding carboxylic acids is 1. The first-order valence-electron chi connectivity index (χ1n) is 9.11. The first-order chi connectivity index (χ1) is 11.8. The van der Waals surface area contributed by atoms with Crippen LogP contribution in [0, 0.1) is 0 Å². The average Bonchev–Trinajstić information content (AvgIpc) is 2.44. The van der Waals surface area contributed by atoms with Gasteiger partial charge in [-0.1, -0.05) is 12.1 Å². The Morgan fingerprint density at radius 1 is 1.15 bits per heavy atom. The molecule has 0 aromatic rings. The van der Waals surface area contributed by atoms with Gasteiger partial charge in [0.15, 0.2) is 16.6 Å². The number of hydrogen-bond donors (Lipinski definition) is 2. The van der Waals surface area contributed by atoms with Gasteiger partial charge in [0, 0.05) is 12.2 Å². The number of aliphatic hydroxyl groups excluding tert-OH is 1. The zero-order valence-corrected chi connectivity index (χ0v) is 20.4. The summed E-state index contributed by atoms with van der Waals surface area (Å²) >= 11 is 0. The van der Waals surface area contributed by atoms with E-state index in [-0.39, 0.29) is 12.5 Å². The third-order valence-electron chi connectivity index (χ3n) is 3.09. The average molecular weight is 420 g/mol. The maximum absolute atomic E-state index is 10.9. The van der Waals surface area contributed by atoms with Gasteiger partial charge in [-0.15, -0.1) is 0 Å². The molecule has 0 spiro atoms. The maximum atomic E-state index is 10.9. The molecule has 1 atom stereocenters. The van der Waals surface area contributed by atoms with E-state index in [9.17, 15) is 9.90 Å². The molecule has 0 bridgehead atoms. The predicted octanol–water partition coefficient (Wildman–Crippen LogP) is 2.68. The minimum atomic E-state index is -1.64. The molecule has 1 amide bonds. The molecule has 26 heavy (non-hydrogen) atoms. The van der Waals surface area contributed by atoms with Crippen molar-refractivity contribution < 1.29 is 23.5 Å². The van der Waals surface area contributed by atoms with Gasteiger partial charge < -0.3 is 24.4 Å². The summed E-state index contributed by atoms with van der Waals surface area (Å²) in [7, 11) is -2.68. The molecule has 1 unspecified atom stereocenters. The summed E-state index contributed by atoms with van der Waals surface area (Å²) in [6, 6.07) is 0.983. The van der Waals surface area contributed by atoms with Crippen molar-refractivity contribution in [2.24, 2.45) is 5.73 Å². The van der Waals surface area contributed by atoms with Crippen LogP contribution in [-0.4, -0.2) is 62.4 Å². The second kappa shape index (κ2) is 12.2. The molecule has 0 aliphatic heterocycles. The summed E-state index contributed by atoms with van der Waals surface area (Å²) in [5.74, 6) is -0.560. The first kappa shape index (κ1) is 25.7. The zero-order chi connectivity index (χ0) is 20.4. The molecule has 6 nitrogen and oxygen atoms in total. The lowest BCUT2D eigenvalue weighted by Crippen LogP contribution is -2.43. The van der Waals surface area contributed by atoms with Crippen molar-refractivity contribution in [3.63, 3.8) is 0 Å². The van der Waals surface area contributed by atoms with Crippen molar-refractivity contribution in [3.8, 4) is 0 Å². The minimum Gasteiger partial charge on any atom is -0.397 e. The number of hydrogen-bond acceptors (Lipinski definition) is 5. The molecule has 0 heterocycles. The number of aliphatic hydroxyl groups is 1.